The molecule has 0 aliphatic heterocycles. The normalized spacial score (nSPS) is 12.5. The second-order valence-electron chi connectivity index (χ2n) is 9.06. The Kier molecular flexibility index (Phi) is 9.54. The van der Waals surface area contributed by atoms with Gasteiger partial charge in [0.1, 0.15) is 0 Å². The molecule has 2 heterocycles. The molecule has 0 saturated carbocycles. The molecule has 0 unspecified atom stereocenters. The second-order valence-corrected chi connectivity index (χ2v) is 13.9. The number of aromatic nitrogens is 4. The Morgan fingerprint density at radius 1 is 0.628 bits per heavy atom. The van der Waals surface area contributed by atoms with Crippen molar-refractivity contribution in [1.29, 1.82) is 0 Å². The number of aryl methyl sites for hydroxylation is 2. The fourth-order valence-electron chi connectivity index (χ4n) is 3.80. The van der Waals surface area contributed by atoms with Gasteiger partial charge in [-0.1, -0.05) is 0 Å². The molecule has 0 fully saturated rings. The van der Waals surface area contributed by atoms with E-state index in [2.05, 4.69) is 28.0 Å². The minimum Gasteiger partial charge on any atom is -0.295 e. The van der Waals surface area contributed by atoms with Gasteiger partial charge in [0, 0.05) is 36.6 Å². The van der Waals surface area contributed by atoms with Gasteiger partial charge in [0.2, 0.25) is 20.0 Å². The van der Waals surface area contributed by atoms with E-state index < -0.39 is 56.7 Å². The number of H-pyrrole nitrogens is 2. The third-order valence-electron chi connectivity index (χ3n) is 5.75. The van der Waals surface area contributed by atoms with Crippen molar-refractivity contribution in [3.05, 3.63) is 92.8 Å². The van der Waals surface area contributed by atoms with Crippen LogP contribution in [0, 0.1) is 13.8 Å². The van der Waals surface area contributed by atoms with Gasteiger partial charge in [-0.05, 0) is 62.4 Å². The van der Waals surface area contributed by atoms with Gasteiger partial charge in [0.15, 0.2) is 0 Å². The number of nitrogens with one attached hydrogen (secondary N) is 4. The maximum absolute atomic E-state index is 12.5. The Balaban J connectivity index is 1.20. The molecule has 0 saturated heterocycles. The summed E-state index contributed by atoms with van der Waals surface area (Å²) >= 11 is 0. The van der Waals surface area contributed by atoms with Crippen LogP contribution in [0.2, 0.25) is 0 Å². The van der Waals surface area contributed by atoms with E-state index in [1.54, 1.807) is 13.8 Å². The van der Waals surface area contributed by atoms with Crippen molar-refractivity contribution in [3.8, 4) is 11.4 Å². The van der Waals surface area contributed by atoms with Crippen molar-refractivity contribution in [2.24, 2.45) is 0 Å². The molecule has 4 rings (SSSR count). The molecule has 0 atom stereocenters. The molecule has 0 bridgehead atoms. The highest BCUT2D eigenvalue weighted by atomic mass is 32.3. The van der Waals surface area contributed by atoms with E-state index in [1.165, 1.54) is 70.0 Å². The molecular weight excluding hydrogens is 628 g/mol. The number of hydrogen-bond donors (Lipinski definition) is 4. The first kappa shape index (κ1) is 32.1. The fourth-order valence-corrected chi connectivity index (χ4v) is 6.47. The van der Waals surface area contributed by atoms with E-state index in [-0.39, 0.29) is 20.9 Å². The van der Waals surface area contributed by atoms with Crippen LogP contribution < -0.4 is 20.6 Å². The summed E-state index contributed by atoms with van der Waals surface area (Å²) in [5.74, 6) is 0. The van der Waals surface area contributed by atoms with Crippen molar-refractivity contribution >= 4 is 30.4 Å². The van der Waals surface area contributed by atoms with E-state index in [4.69, 9.17) is 0 Å². The summed E-state index contributed by atoms with van der Waals surface area (Å²) in [5, 5.41) is 5.65. The minimum atomic E-state index is -4.56. The zero-order valence-corrected chi connectivity index (χ0v) is 25.3. The molecule has 0 aliphatic rings. The number of nitrogens with zero attached hydrogens (tertiary/aromatic N) is 2. The molecule has 19 heteroatoms. The lowest BCUT2D eigenvalue weighted by molar-refractivity contribution is 0.219. The number of aromatic amines is 2. The topological polar surface area (TPSA) is 221 Å². The summed E-state index contributed by atoms with van der Waals surface area (Å²) in [6.45, 7) is 1.37. The highest BCUT2D eigenvalue weighted by molar-refractivity contribution is 7.89. The molecule has 2 aromatic carbocycles. The Bertz CT molecular complexity index is 1880. The second kappa shape index (κ2) is 12.8. The lowest BCUT2D eigenvalue weighted by atomic mass is 10.3. The van der Waals surface area contributed by atoms with Crippen LogP contribution >= 0.6 is 0 Å². The summed E-state index contributed by atoms with van der Waals surface area (Å²) in [6.07, 6.45) is 0. The average Bonchev–Trinajstić information content (AvgIpc) is 3.48. The Labute approximate surface area is 246 Å². The molecule has 16 nitrogen and oxygen atoms in total. The van der Waals surface area contributed by atoms with E-state index >= 15 is 0 Å². The molecule has 4 N–H and O–H groups in total. The molecule has 0 radical (unpaired) electrons. The summed E-state index contributed by atoms with van der Waals surface area (Å²) in [7, 11) is -12.6. The Hall–Kier alpha value is -3.85. The lowest BCUT2D eigenvalue weighted by Crippen LogP contribution is -2.30. The van der Waals surface area contributed by atoms with Crippen LogP contribution in [0.1, 0.15) is 11.4 Å². The fraction of sp³-hybridized carbons (Fsp3) is 0.250. The SMILES string of the molecule is Cc1cc(=O)n(-c2ccc(S(=O)(=O)NCCOS(=O)(=O)OCCNS(=O)(=O)c3ccc(-n4[nH]c(C)cc4=O)cc3)cc2)[nH]1. The summed E-state index contributed by atoms with van der Waals surface area (Å²) in [6, 6.07) is 13.6. The highest BCUT2D eigenvalue weighted by Crippen LogP contribution is 2.14. The van der Waals surface area contributed by atoms with Crippen molar-refractivity contribution < 1.29 is 33.6 Å². The number of sulfonamides is 2. The van der Waals surface area contributed by atoms with Crippen LogP contribution in [0.15, 0.2) is 80.0 Å². The van der Waals surface area contributed by atoms with Crippen molar-refractivity contribution in [3.63, 3.8) is 0 Å². The van der Waals surface area contributed by atoms with E-state index in [9.17, 15) is 34.8 Å². The van der Waals surface area contributed by atoms with Crippen molar-refractivity contribution in [1.82, 2.24) is 29.0 Å². The summed E-state index contributed by atoms with van der Waals surface area (Å²) < 4.78 is 90.0. The summed E-state index contributed by atoms with van der Waals surface area (Å²) in [4.78, 5) is 23.6. The number of rotatable bonds is 14. The van der Waals surface area contributed by atoms with Gasteiger partial charge in [0.25, 0.3) is 11.1 Å². The highest BCUT2D eigenvalue weighted by Gasteiger charge is 2.18. The lowest BCUT2D eigenvalue weighted by Gasteiger charge is -2.10. The van der Waals surface area contributed by atoms with E-state index in [1.807, 2.05) is 0 Å². The molecule has 232 valence electrons. The van der Waals surface area contributed by atoms with Gasteiger partial charge in [0.05, 0.1) is 34.4 Å². The first-order valence-electron chi connectivity index (χ1n) is 12.5. The predicted octanol–water partition coefficient (Wildman–Crippen LogP) is -0.204. The minimum absolute atomic E-state index is 0.123. The van der Waals surface area contributed by atoms with Crippen molar-refractivity contribution in [2.45, 2.75) is 23.6 Å². The first-order valence-corrected chi connectivity index (χ1v) is 16.8. The van der Waals surface area contributed by atoms with E-state index in [0.29, 0.717) is 22.8 Å². The van der Waals surface area contributed by atoms with Gasteiger partial charge in [-0.3, -0.25) is 19.8 Å². The van der Waals surface area contributed by atoms with Crippen LogP contribution in [0.3, 0.4) is 0 Å². The Morgan fingerprint density at radius 3 is 1.28 bits per heavy atom. The maximum atomic E-state index is 12.5. The van der Waals surface area contributed by atoms with Gasteiger partial charge in [-0.15, -0.1) is 0 Å². The van der Waals surface area contributed by atoms with Crippen molar-refractivity contribution in [2.75, 3.05) is 26.3 Å². The third kappa shape index (κ3) is 8.16. The molecule has 2 aromatic heterocycles. The van der Waals surface area contributed by atoms with Crippen LogP contribution in [0.25, 0.3) is 11.4 Å². The molecule has 0 amide bonds. The largest absolute Gasteiger partial charge is 0.399 e. The van der Waals surface area contributed by atoms with Gasteiger partial charge in [-0.25, -0.2) is 44.0 Å². The maximum Gasteiger partial charge on any atom is 0.399 e. The Morgan fingerprint density at radius 2 is 0.977 bits per heavy atom. The molecule has 4 aromatic rings. The van der Waals surface area contributed by atoms with Crippen LogP contribution in [0.4, 0.5) is 0 Å². The van der Waals surface area contributed by atoms with Crippen LogP contribution in [-0.2, 0) is 38.8 Å². The first-order chi connectivity index (χ1) is 20.2. The van der Waals surface area contributed by atoms with Gasteiger partial charge in [-0.2, -0.15) is 8.42 Å². The molecule has 0 aliphatic carbocycles. The zero-order valence-electron chi connectivity index (χ0n) is 22.8. The number of hydrogen-bond acceptors (Lipinski definition) is 10. The predicted molar refractivity (Wildman–Crippen MR) is 153 cm³/mol. The average molecular weight is 657 g/mol. The van der Waals surface area contributed by atoms with Gasteiger partial charge >= 0.3 is 10.4 Å². The molecular formula is C24H28N6O10S3. The number of benzene rings is 2. The van der Waals surface area contributed by atoms with Gasteiger partial charge < -0.3 is 0 Å². The molecule has 43 heavy (non-hydrogen) atoms. The van der Waals surface area contributed by atoms with E-state index in [0.717, 1.165) is 0 Å². The zero-order chi connectivity index (χ0) is 31.4. The molecule has 0 spiro atoms. The quantitative estimate of drug-likeness (QED) is 0.131. The van der Waals surface area contributed by atoms with Crippen LogP contribution in [-0.4, -0.2) is 71.1 Å². The third-order valence-corrected chi connectivity index (χ3v) is 9.62. The smallest absolute Gasteiger partial charge is 0.295 e. The standard InChI is InChI=1S/C24H28N6O10S3/c1-17-15-23(31)29(27-17)19-3-7-21(8-4-19)41(33,34)25-11-13-39-43(37,38)40-14-12-26-42(35,36)22-9-5-20(6-10-22)30-24(32)16-18(2)28-30/h3-10,15-16,25-28H,11-14H2,1-2H3. The monoisotopic (exact) mass is 656 g/mol. The summed E-state index contributed by atoms with van der Waals surface area (Å²) in [5.41, 5.74) is 1.49. The van der Waals surface area contributed by atoms with Crippen LogP contribution in [0.5, 0.6) is 0 Å².